The first-order chi connectivity index (χ1) is 56.7. The number of pyridine rings is 4. The molecule has 12 heteroatoms. The van der Waals surface area contributed by atoms with Gasteiger partial charge in [0.1, 0.15) is 72.9 Å². The van der Waals surface area contributed by atoms with Crippen molar-refractivity contribution in [2.75, 3.05) is 0 Å². The Morgan fingerprint density at radius 3 is 1.11 bits per heavy atom. The lowest BCUT2D eigenvalue weighted by molar-refractivity contribution is -0.660. The van der Waals surface area contributed by atoms with E-state index in [1.165, 1.54) is 189 Å². The molecule has 20 rings (SSSR count). The number of benzene rings is 8. The molecular formula is C104H100N8O4+4. The predicted octanol–water partition coefficient (Wildman–Crippen LogP) is 27.3. The highest BCUT2D eigenvalue weighted by Gasteiger charge is 2.33. The van der Waals surface area contributed by atoms with Crippen molar-refractivity contribution in [2.45, 2.75) is 180 Å². The second-order valence-corrected chi connectivity index (χ2v) is 33.1. The van der Waals surface area contributed by atoms with Crippen molar-refractivity contribution in [3.05, 3.63) is 279 Å². The van der Waals surface area contributed by atoms with Crippen LogP contribution in [-0.4, -0.2) is 0 Å². The Labute approximate surface area is 680 Å². The Balaban J connectivity index is 0.000000111. The van der Waals surface area contributed by atoms with E-state index < -0.39 is 0 Å². The maximum Gasteiger partial charge on any atom is 0.229 e. The zero-order chi connectivity index (χ0) is 79.8. The summed E-state index contributed by atoms with van der Waals surface area (Å²) in [6, 6.07) is 60.5. The van der Waals surface area contributed by atoms with Crippen LogP contribution in [0.3, 0.4) is 0 Å². The van der Waals surface area contributed by atoms with Crippen molar-refractivity contribution in [3.63, 3.8) is 0 Å². The van der Waals surface area contributed by atoms with Crippen LogP contribution in [0.15, 0.2) is 212 Å². The first-order valence-electron chi connectivity index (χ1n) is 42.0. The van der Waals surface area contributed by atoms with E-state index in [9.17, 15) is 5.26 Å². The van der Waals surface area contributed by atoms with E-state index in [0.29, 0.717) is 46.3 Å². The quantitative estimate of drug-likeness (QED) is 0.111. The van der Waals surface area contributed by atoms with Gasteiger partial charge in [0, 0.05) is 91.6 Å². The highest BCUT2D eigenvalue weighted by Crippen LogP contribution is 2.52. The third-order valence-electron chi connectivity index (χ3n) is 25.8. The van der Waals surface area contributed by atoms with Crippen molar-refractivity contribution in [2.24, 2.45) is 28.2 Å². The van der Waals surface area contributed by atoms with Gasteiger partial charge in [-0.3, -0.25) is 0 Å². The highest BCUT2D eigenvalue weighted by atomic mass is 16.3. The summed E-state index contributed by atoms with van der Waals surface area (Å²) in [5.74, 6) is 2.27. The second kappa shape index (κ2) is 32.8. The van der Waals surface area contributed by atoms with Crippen molar-refractivity contribution < 1.29 is 35.9 Å². The molecule has 0 N–H and O–H groups in total. The number of hydrogen-bond acceptors (Lipinski definition) is 5. The van der Waals surface area contributed by atoms with Gasteiger partial charge >= 0.3 is 0 Å². The zero-order valence-corrected chi connectivity index (χ0v) is 68.1. The van der Waals surface area contributed by atoms with Crippen LogP contribution in [0, 0.1) is 58.7 Å². The van der Waals surface area contributed by atoms with Gasteiger partial charge in [-0.15, -0.1) is 0 Å². The first-order valence-corrected chi connectivity index (χ1v) is 42.0. The minimum Gasteiger partial charge on any atom is -0.466 e. The minimum absolute atomic E-state index is 0.538. The molecule has 8 aromatic heterocycles. The molecule has 4 fully saturated rings. The van der Waals surface area contributed by atoms with Crippen LogP contribution in [0.5, 0.6) is 0 Å². The van der Waals surface area contributed by atoms with E-state index in [1.54, 1.807) is 0 Å². The number of para-hydroxylation sites is 1. The molecule has 16 aromatic rings. The highest BCUT2D eigenvalue weighted by molar-refractivity contribution is 6.17. The molecule has 0 amide bonds. The van der Waals surface area contributed by atoms with E-state index in [1.807, 2.05) is 84.9 Å². The summed E-state index contributed by atoms with van der Waals surface area (Å²) in [5.41, 5.74) is 29.3. The van der Waals surface area contributed by atoms with Crippen LogP contribution in [0.2, 0.25) is 0 Å². The van der Waals surface area contributed by atoms with Crippen molar-refractivity contribution in [1.29, 1.82) is 5.26 Å². The molecule has 0 saturated heterocycles. The van der Waals surface area contributed by atoms with Crippen molar-refractivity contribution in [3.8, 4) is 51.1 Å². The van der Waals surface area contributed by atoms with Gasteiger partial charge in [0.15, 0.2) is 36.2 Å². The van der Waals surface area contributed by atoms with Crippen molar-refractivity contribution >= 4 is 105 Å². The van der Waals surface area contributed by atoms with Gasteiger partial charge in [0.2, 0.25) is 28.5 Å². The zero-order valence-electron chi connectivity index (χ0n) is 68.1. The number of aryl methyl sites for hydroxylation is 8. The Kier molecular flexibility index (Phi) is 21.5. The predicted molar refractivity (Wildman–Crippen MR) is 467 cm³/mol. The van der Waals surface area contributed by atoms with E-state index >= 15 is 0 Å². The fraction of sp³-hybridized carbons (Fsp3) is 0.308. The summed E-state index contributed by atoms with van der Waals surface area (Å²) in [5, 5.41) is 18.9. The minimum atomic E-state index is 0.538. The van der Waals surface area contributed by atoms with Crippen LogP contribution in [0.25, 0.3) is 147 Å². The molecule has 0 unspecified atom stereocenters. The fourth-order valence-electron chi connectivity index (χ4n) is 20.2. The number of fused-ring (bicyclic) bond motifs is 12. The summed E-state index contributed by atoms with van der Waals surface area (Å²) in [7, 11) is 8.30. The summed E-state index contributed by atoms with van der Waals surface area (Å²) in [6.45, 7) is 31.2. The van der Waals surface area contributed by atoms with Crippen LogP contribution >= 0.6 is 0 Å². The lowest BCUT2D eigenvalue weighted by Crippen LogP contribution is -2.30. The van der Waals surface area contributed by atoms with Gasteiger partial charge < -0.3 is 17.7 Å². The van der Waals surface area contributed by atoms with Gasteiger partial charge in [0.05, 0.1) is 53.6 Å². The molecule has 0 bridgehead atoms. The number of aromatic nitrogens is 4. The Morgan fingerprint density at radius 2 is 0.690 bits per heavy atom. The molecule has 12 nitrogen and oxygen atoms in total. The molecule has 8 aromatic carbocycles. The number of hydrogen-bond donors (Lipinski definition) is 0. The Hall–Kier alpha value is -12.5. The van der Waals surface area contributed by atoms with Gasteiger partial charge in [-0.25, -0.2) is 32.8 Å². The lowest BCUT2D eigenvalue weighted by Gasteiger charge is -2.23. The molecule has 0 radical (unpaired) electrons. The summed E-state index contributed by atoms with van der Waals surface area (Å²) < 4.78 is 34.6. The van der Waals surface area contributed by atoms with E-state index in [-0.39, 0.29) is 0 Å². The molecule has 8 heterocycles. The Bertz CT molecular complexity index is 6540. The molecule has 116 heavy (non-hydrogen) atoms. The van der Waals surface area contributed by atoms with E-state index in [2.05, 4.69) is 204 Å². The molecule has 4 aliphatic rings. The number of furan rings is 4. The fourth-order valence-corrected chi connectivity index (χ4v) is 20.2. The monoisotopic (exact) mass is 1520 g/mol. The normalized spacial score (nSPS) is 15.1. The lowest BCUT2D eigenvalue weighted by atomic mass is 9.80. The average Bonchev–Trinajstić information content (AvgIpc) is 1.58. The standard InChI is InChI=1S/4C26H25N2O/c1-17-16-20(18-10-5-4-6-11-18)24-19-12-9-13-21(27-2)25(19)29-26(24)23(17)22-14-7-8-15-28(22)3;1-17-15-20(18-9-5-4-6-10-18)25-21-16-19(27-2)12-13-23(21)29-26(25)24(17)22-11-7-8-14-28(22)3;1-17-15-21(18-9-5-4-6-10-18)25-20-13-12-19(27-2)16-23(20)29-26(25)24(17)22-11-7-8-14-28(22)3;1-17-15-20(18-9-4-3-5-10-18)25-24-19(16-27)11-8-13-22(24)29-26(25)23(17)21-12-6-7-14-28(21)2/h7-9,12-16,18H,4-6,10-11H2,1,3H3;2*7-8,11-16,18H,4-6,9-10H2,1,3H3;6-8,11-15,18H,3-5,9-10H2,1-2H3/q4*+1. The number of rotatable bonds is 8. The maximum absolute atomic E-state index is 9.80. The first kappa shape index (κ1) is 76.2. The van der Waals surface area contributed by atoms with E-state index in [0.717, 1.165) is 117 Å². The SMILES string of the molecule is Cc1cc(C2CCCCC2)c2c(oc3cccc(C#N)c32)c1-c1cccc[n+]1C.[C-]#[N+]c1ccc2c(c1)oc1c(-c3cccc[n+]3C)c(C)cc(C3CCCCC3)c12.[C-]#[N+]c1ccc2oc3c(-c4cccc[n+]4C)c(C)cc(C4CCCCC4)c3c2c1.[C-]#[N+]c1cccc2c1oc1c(-c3cccc[n+]3C)c(C)cc(C3CCCCC3)c12. The molecule has 0 spiro atoms. The Morgan fingerprint density at radius 1 is 0.319 bits per heavy atom. The van der Waals surface area contributed by atoms with Crippen LogP contribution in [0.4, 0.5) is 17.1 Å². The van der Waals surface area contributed by atoms with Gasteiger partial charge in [-0.2, -0.15) is 5.26 Å². The molecule has 576 valence electrons. The summed E-state index contributed by atoms with van der Waals surface area (Å²) >= 11 is 0. The molecular weight excluding hydrogens is 1430 g/mol. The topological polar surface area (TPSA) is 105 Å². The molecule has 4 aliphatic carbocycles. The van der Waals surface area contributed by atoms with Crippen molar-refractivity contribution in [1.82, 2.24) is 0 Å². The van der Waals surface area contributed by atoms with Gasteiger partial charge in [-0.1, -0.05) is 144 Å². The maximum atomic E-state index is 9.80. The van der Waals surface area contributed by atoms with Gasteiger partial charge in [-0.05, 0) is 202 Å². The summed E-state index contributed by atoms with van der Waals surface area (Å²) in [6.07, 6.45) is 33.9. The van der Waals surface area contributed by atoms with Crippen LogP contribution in [-0.2, 0) is 28.2 Å². The smallest absolute Gasteiger partial charge is 0.229 e. The third-order valence-corrected chi connectivity index (χ3v) is 25.8. The van der Waals surface area contributed by atoms with E-state index in [4.69, 9.17) is 37.4 Å². The summed E-state index contributed by atoms with van der Waals surface area (Å²) in [4.78, 5) is 11.0. The van der Waals surface area contributed by atoms with Crippen LogP contribution < -0.4 is 18.3 Å². The number of nitriles is 1. The molecule has 0 atom stereocenters. The average molecular weight is 1530 g/mol. The molecule has 4 saturated carbocycles. The van der Waals surface area contributed by atoms with Crippen LogP contribution in [0.1, 0.15) is 202 Å². The van der Waals surface area contributed by atoms with Gasteiger partial charge in [0.25, 0.3) is 0 Å². The third kappa shape index (κ3) is 14.1. The largest absolute Gasteiger partial charge is 0.466 e. The number of nitrogens with zero attached hydrogens (tertiary/aromatic N) is 8. The second-order valence-electron chi connectivity index (χ2n) is 33.1. The molecule has 0 aliphatic heterocycles.